The Balaban J connectivity index is 1.66. The van der Waals surface area contributed by atoms with Crippen molar-refractivity contribution in [3.8, 4) is 0 Å². The Bertz CT molecular complexity index is 1130. The molecule has 4 aromatic rings. The highest BCUT2D eigenvalue weighted by Crippen LogP contribution is 2.29. The third-order valence-corrected chi connectivity index (χ3v) is 4.33. The minimum Gasteiger partial charge on any atom is -0.452 e. The zero-order chi connectivity index (χ0) is 18.8. The van der Waals surface area contributed by atoms with Crippen molar-refractivity contribution in [2.45, 2.75) is 6.92 Å². The summed E-state index contributed by atoms with van der Waals surface area (Å²) in [5.41, 5.74) is 2.86. The Morgan fingerprint density at radius 1 is 0.963 bits per heavy atom. The number of aryl methyl sites for hydroxylation is 1. The van der Waals surface area contributed by atoms with E-state index in [1.807, 2.05) is 25.1 Å². The lowest BCUT2D eigenvalue weighted by Gasteiger charge is -2.04. The monoisotopic (exact) mass is 356 g/mol. The highest BCUT2D eigenvalue weighted by molar-refractivity contribution is 6.11. The number of nitrogens with zero attached hydrogens (tertiary/aromatic N) is 1. The molecule has 5 nitrogen and oxygen atoms in total. The molecule has 2 aromatic heterocycles. The van der Waals surface area contributed by atoms with E-state index in [2.05, 4.69) is 10.3 Å². The summed E-state index contributed by atoms with van der Waals surface area (Å²) in [4.78, 5) is 29.0. The molecule has 0 saturated heterocycles. The molecule has 0 saturated carbocycles. The van der Waals surface area contributed by atoms with E-state index in [4.69, 9.17) is 4.42 Å². The van der Waals surface area contributed by atoms with E-state index in [9.17, 15) is 9.59 Å². The van der Waals surface area contributed by atoms with Crippen LogP contribution in [0.25, 0.3) is 11.0 Å². The van der Waals surface area contributed by atoms with Crippen LogP contribution < -0.4 is 5.32 Å². The average Bonchev–Trinajstić information content (AvgIpc) is 3.05. The number of aromatic nitrogens is 1. The standard InChI is InChI=1S/C22H16N2O3/c1-14-17-13-16(24-22(26)18-9-5-6-12-23-18)10-11-19(17)27-21(14)20(25)15-7-3-2-4-8-15/h2-13H,1H3,(H,24,26). The Labute approximate surface area is 155 Å². The Kier molecular flexibility index (Phi) is 4.26. The molecule has 0 bridgehead atoms. The SMILES string of the molecule is Cc1c(C(=O)c2ccccc2)oc2ccc(NC(=O)c3ccccn3)cc12. The molecular weight excluding hydrogens is 340 g/mol. The number of nitrogens with one attached hydrogen (secondary N) is 1. The number of hydrogen-bond donors (Lipinski definition) is 1. The van der Waals surface area contributed by atoms with Gasteiger partial charge in [-0.15, -0.1) is 0 Å². The van der Waals surface area contributed by atoms with Crippen LogP contribution in [0.1, 0.15) is 32.2 Å². The summed E-state index contributed by atoms with van der Waals surface area (Å²) in [6.07, 6.45) is 1.57. The predicted octanol–water partition coefficient (Wildman–Crippen LogP) is 4.62. The van der Waals surface area contributed by atoms with Crippen molar-refractivity contribution in [3.05, 3.63) is 95.5 Å². The molecule has 1 amide bonds. The summed E-state index contributed by atoms with van der Waals surface area (Å²) in [6, 6.07) is 19.5. The van der Waals surface area contributed by atoms with Gasteiger partial charge in [-0.25, -0.2) is 0 Å². The number of carbonyl (C=O) groups is 2. The smallest absolute Gasteiger partial charge is 0.274 e. The first-order chi connectivity index (χ1) is 13.1. The van der Waals surface area contributed by atoms with E-state index in [-0.39, 0.29) is 11.7 Å². The summed E-state index contributed by atoms with van der Waals surface area (Å²) >= 11 is 0. The number of rotatable bonds is 4. The van der Waals surface area contributed by atoms with Gasteiger partial charge in [-0.2, -0.15) is 0 Å². The van der Waals surface area contributed by atoms with Crippen LogP contribution in [0.4, 0.5) is 5.69 Å². The van der Waals surface area contributed by atoms with Gasteiger partial charge in [0.05, 0.1) is 0 Å². The normalized spacial score (nSPS) is 10.7. The van der Waals surface area contributed by atoms with Gasteiger partial charge in [-0.3, -0.25) is 14.6 Å². The number of ketones is 1. The second kappa shape index (κ2) is 6.88. The zero-order valence-corrected chi connectivity index (χ0v) is 14.6. The fraction of sp³-hybridized carbons (Fsp3) is 0.0455. The van der Waals surface area contributed by atoms with Gasteiger partial charge in [0.1, 0.15) is 11.3 Å². The van der Waals surface area contributed by atoms with Crippen LogP contribution in [0.15, 0.2) is 77.3 Å². The molecule has 27 heavy (non-hydrogen) atoms. The molecule has 1 N–H and O–H groups in total. The maximum absolute atomic E-state index is 12.7. The van der Waals surface area contributed by atoms with Gasteiger partial charge >= 0.3 is 0 Å². The van der Waals surface area contributed by atoms with Crippen LogP contribution in [0.3, 0.4) is 0 Å². The number of anilines is 1. The van der Waals surface area contributed by atoms with Crippen LogP contribution in [0.5, 0.6) is 0 Å². The van der Waals surface area contributed by atoms with Gasteiger partial charge < -0.3 is 9.73 Å². The lowest BCUT2D eigenvalue weighted by molar-refractivity contribution is 0.101. The third kappa shape index (κ3) is 3.22. The van der Waals surface area contributed by atoms with E-state index in [0.29, 0.717) is 28.3 Å². The maximum Gasteiger partial charge on any atom is 0.274 e. The van der Waals surface area contributed by atoms with Crippen molar-refractivity contribution in [1.82, 2.24) is 4.98 Å². The van der Waals surface area contributed by atoms with Crippen molar-refractivity contribution in [3.63, 3.8) is 0 Å². The maximum atomic E-state index is 12.7. The minimum atomic E-state index is -0.295. The molecule has 2 aromatic carbocycles. The highest BCUT2D eigenvalue weighted by atomic mass is 16.3. The largest absolute Gasteiger partial charge is 0.452 e. The van der Waals surface area contributed by atoms with Gasteiger partial charge in [0.25, 0.3) is 5.91 Å². The first-order valence-corrected chi connectivity index (χ1v) is 8.49. The summed E-state index contributed by atoms with van der Waals surface area (Å²) in [5.74, 6) is -0.149. The molecule has 0 aliphatic carbocycles. The average molecular weight is 356 g/mol. The lowest BCUT2D eigenvalue weighted by atomic mass is 10.0. The Hall–Kier alpha value is -3.73. The molecule has 0 unspecified atom stereocenters. The highest BCUT2D eigenvalue weighted by Gasteiger charge is 2.19. The van der Waals surface area contributed by atoms with Crippen molar-refractivity contribution < 1.29 is 14.0 Å². The molecular formula is C22H16N2O3. The first-order valence-electron chi connectivity index (χ1n) is 8.49. The van der Waals surface area contributed by atoms with Crippen LogP contribution in [0, 0.1) is 6.92 Å². The van der Waals surface area contributed by atoms with E-state index < -0.39 is 0 Å². The van der Waals surface area contributed by atoms with E-state index in [1.54, 1.807) is 54.7 Å². The van der Waals surface area contributed by atoms with Gasteiger partial charge in [0.15, 0.2) is 5.76 Å². The first kappa shape index (κ1) is 16.7. The topological polar surface area (TPSA) is 72.2 Å². The Morgan fingerprint density at radius 3 is 2.48 bits per heavy atom. The molecule has 0 fully saturated rings. The van der Waals surface area contributed by atoms with Gasteiger partial charge in [-0.1, -0.05) is 36.4 Å². The van der Waals surface area contributed by atoms with Crippen LogP contribution in [-0.2, 0) is 0 Å². The number of carbonyl (C=O) groups excluding carboxylic acids is 2. The quantitative estimate of drug-likeness (QED) is 0.542. The number of hydrogen-bond acceptors (Lipinski definition) is 4. The number of fused-ring (bicyclic) bond motifs is 1. The minimum absolute atomic E-state index is 0.164. The molecule has 0 spiro atoms. The van der Waals surface area contributed by atoms with Crippen LogP contribution in [-0.4, -0.2) is 16.7 Å². The number of furan rings is 1. The van der Waals surface area contributed by atoms with Gasteiger partial charge in [-0.05, 0) is 37.3 Å². The fourth-order valence-electron chi connectivity index (χ4n) is 2.93. The molecule has 0 atom stereocenters. The third-order valence-electron chi connectivity index (χ3n) is 4.33. The Morgan fingerprint density at radius 2 is 1.74 bits per heavy atom. The van der Waals surface area contributed by atoms with E-state index in [0.717, 1.165) is 10.9 Å². The summed E-state index contributed by atoms with van der Waals surface area (Å²) in [6.45, 7) is 1.84. The van der Waals surface area contributed by atoms with Gasteiger partial charge in [0.2, 0.25) is 5.78 Å². The van der Waals surface area contributed by atoms with E-state index >= 15 is 0 Å². The molecule has 5 heteroatoms. The van der Waals surface area contributed by atoms with Crippen molar-refractivity contribution in [1.29, 1.82) is 0 Å². The molecule has 0 aliphatic rings. The van der Waals surface area contributed by atoms with Crippen molar-refractivity contribution >= 4 is 28.3 Å². The lowest BCUT2D eigenvalue weighted by Crippen LogP contribution is -2.13. The number of amides is 1. The van der Waals surface area contributed by atoms with Crippen molar-refractivity contribution in [2.24, 2.45) is 0 Å². The summed E-state index contributed by atoms with van der Waals surface area (Å²) in [7, 11) is 0. The molecule has 2 heterocycles. The number of pyridine rings is 1. The fourth-order valence-corrected chi connectivity index (χ4v) is 2.93. The zero-order valence-electron chi connectivity index (χ0n) is 14.6. The van der Waals surface area contributed by atoms with Crippen molar-refractivity contribution in [2.75, 3.05) is 5.32 Å². The predicted molar refractivity (Wildman–Crippen MR) is 103 cm³/mol. The van der Waals surface area contributed by atoms with Crippen LogP contribution >= 0.6 is 0 Å². The van der Waals surface area contributed by atoms with E-state index in [1.165, 1.54) is 0 Å². The summed E-state index contributed by atoms with van der Waals surface area (Å²) in [5, 5.41) is 3.60. The molecule has 0 aliphatic heterocycles. The van der Waals surface area contributed by atoms with Gasteiger partial charge in [0, 0.05) is 28.4 Å². The molecule has 132 valence electrons. The second-order valence-electron chi connectivity index (χ2n) is 6.13. The second-order valence-corrected chi connectivity index (χ2v) is 6.13. The molecule has 0 radical (unpaired) electrons. The van der Waals surface area contributed by atoms with Crippen LogP contribution in [0.2, 0.25) is 0 Å². The summed E-state index contributed by atoms with van der Waals surface area (Å²) < 4.78 is 5.79. The number of benzene rings is 2. The molecule has 4 rings (SSSR count).